The van der Waals surface area contributed by atoms with Crippen molar-refractivity contribution in [3.8, 4) is 0 Å². The second kappa shape index (κ2) is 31.8. The van der Waals surface area contributed by atoms with Crippen molar-refractivity contribution in [1.82, 2.24) is 0 Å². The first-order chi connectivity index (χ1) is 41.8. The van der Waals surface area contributed by atoms with Crippen molar-refractivity contribution in [3.05, 3.63) is 0 Å². The molecule has 0 aliphatic heterocycles. The van der Waals surface area contributed by atoms with Crippen LogP contribution in [0.1, 0.15) is 237 Å². The molecule has 0 aromatic heterocycles. The summed E-state index contributed by atoms with van der Waals surface area (Å²) in [4.78, 5) is 97.8. The van der Waals surface area contributed by atoms with Gasteiger partial charge in [-0.05, 0) is 205 Å². The highest BCUT2D eigenvalue weighted by Crippen LogP contribution is 2.54. The maximum Gasteiger partial charge on any atom is 0.311 e. The van der Waals surface area contributed by atoms with Gasteiger partial charge in [-0.1, -0.05) is 55.4 Å². The van der Waals surface area contributed by atoms with Crippen LogP contribution in [-0.4, -0.2) is 111 Å². The number of carbonyl (C=O) groups is 8. The molecule has 0 aromatic rings. The zero-order valence-corrected chi connectivity index (χ0v) is 55.9. The van der Waals surface area contributed by atoms with E-state index in [0.717, 1.165) is 161 Å². The van der Waals surface area contributed by atoms with Gasteiger partial charge in [-0.15, -0.1) is 0 Å². The molecule has 18 nitrogen and oxygen atoms in total. The van der Waals surface area contributed by atoms with Gasteiger partial charge in [-0.25, -0.2) is 0 Å². The summed E-state index contributed by atoms with van der Waals surface area (Å²) in [6.07, 6.45) is 23.3. The monoisotopic (exact) mass is 1240 g/mol. The normalized spacial score (nSPS) is 33.9. The largest absolute Gasteiger partial charge is 0.462 e. The molecule has 500 valence electrons. The summed E-state index contributed by atoms with van der Waals surface area (Å²) in [6, 6.07) is 0. The zero-order valence-electron chi connectivity index (χ0n) is 55.9. The van der Waals surface area contributed by atoms with Gasteiger partial charge in [0.2, 0.25) is 0 Å². The first kappa shape index (κ1) is 71.1. The van der Waals surface area contributed by atoms with E-state index in [4.69, 9.17) is 47.4 Å². The van der Waals surface area contributed by atoms with E-state index in [-0.39, 0.29) is 162 Å². The minimum Gasteiger partial charge on any atom is -0.462 e. The number of hydrogen-bond acceptors (Lipinski definition) is 18. The van der Waals surface area contributed by atoms with Crippen LogP contribution >= 0.6 is 0 Å². The fourth-order valence-corrected chi connectivity index (χ4v) is 16.3. The number of rotatable bonds is 23. The summed E-state index contributed by atoms with van der Waals surface area (Å²) in [5, 5.41) is 0. The van der Waals surface area contributed by atoms with Gasteiger partial charge < -0.3 is 47.4 Å². The van der Waals surface area contributed by atoms with E-state index >= 15 is 0 Å². The van der Waals surface area contributed by atoms with Gasteiger partial charge in [0.1, 0.15) is 35.6 Å². The highest BCUT2D eigenvalue weighted by molar-refractivity contribution is 5.78. The lowest BCUT2D eigenvalue weighted by Crippen LogP contribution is -2.39. The Kier molecular flexibility index (Phi) is 25.7. The molecule has 10 rings (SSSR count). The number of carbonyl (C=O) groups excluding carboxylic acids is 8. The standard InChI is InChI=1S/C20H32O4.C19H30O4.C16H26O5.C15H24O5/c1-4-13(3)18(21)23-17-12-14-10-15(17)16(11-14)19(22)24-20(5-2)8-6-7-9-20;1-4-12(2)17(20)22-16-11-13-9-14(16)15(10-13)18(21)23-19(3)7-5-6-8-19;1-5-16(2,3)15(18)21-13-8-10-6-11(13)12(7-10)14(17)20-9-19-4;1-4-9(2)14(16)20-13-7-10-5-11(13)12(6-10)15(17)19-8-18-3/h13-17H,4-12H2,1-3H3;12-16H,4-11H2,1-3H3;10-13H,5-9H2,1-4H3;9-13H,4-8H2,1-3H3. The molecule has 10 saturated carbocycles. The summed E-state index contributed by atoms with van der Waals surface area (Å²) in [5.74, 6) is 0.891. The van der Waals surface area contributed by atoms with Crippen LogP contribution < -0.4 is 0 Å². The van der Waals surface area contributed by atoms with Crippen molar-refractivity contribution >= 4 is 47.8 Å². The smallest absolute Gasteiger partial charge is 0.311 e. The van der Waals surface area contributed by atoms with Gasteiger partial charge in [0, 0.05) is 37.9 Å². The first-order valence-electron chi connectivity index (χ1n) is 34.4. The molecule has 0 radical (unpaired) electrons. The molecule has 0 spiro atoms. The molecule has 0 N–H and O–H groups in total. The van der Waals surface area contributed by atoms with Gasteiger partial charge >= 0.3 is 47.8 Å². The molecule has 19 unspecified atom stereocenters. The molecule has 10 aliphatic carbocycles. The van der Waals surface area contributed by atoms with Crippen LogP contribution in [0.2, 0.25) is 0 Å². The van der Waals surface area contributed by atoms with Gasteiger partial charge in [0.25, 0.3) is 0 Å². The minimum atomic E-state index is -0.464. The van der Waals surface area contributed by atoms with E-state index in [0.29, 0.717) is 23.7 Å². The van der Waals surface area contributed by atoms with Crippen molar-refractivity contribution in [2.45, 2.75) is 272 Å². The molecule has 0 amide bonds. The Morgan fingerprint density at radius 3 is 1.06 bits per heavy atom. The fraction of sp³-hybridized carbons (Fsp3) is 0.886. The first-order valence-corrected chi connectivity index (χ1v) is 34.4. The van der Waals surface area contributed by atoms with Crippen LogP contribution in [0.15, 0.2) is 0 Å². The van der Waals surface area contributed by atoms with E-state index < -0.39 is 5.41 Å². The van der Waals surface area contributed by atoms with Crippen molar-refractivity contribution in [1.29, 1.82) is 0 Å². The third-order valence-electron chi connectivity index (χ3n) is 22.9. The molecular formula is C70H112O18. The van der Waals surface area contributed by atoms with E-state index in [9.17, 15) is 38.4 Å². The maximum absolute atomic E-state index is 12.8. The van der Waals surface area contributed by atoms with Crippen molar-refractivity contribution < 1.29 is 85.7 Å². The Bertz CT molecular complexity index is 2360. The summed E-state index contributed by atoms with van der Waals surface area (Å²) >= 11 is 0. The van der Waals surface area contributed by atoms with Gasteiger partial charge in [-0.2, -0.15) is 0 Å². The Balaban J connectivity index is 0.000000168. The Labute approximate surface area is 525 Å². The van der Waals surface area contributed by atoms with Crippen LogP contribution in [0.25, 0.3) is 0 Å². The lowest BCUT2D eigenvalue weighted by Gasteiger charge is -2.33. The third kappa shape index (κ3) is 17.6. The van der Waals surface area contributed by atoms with E-state index in [2.05, 4.69) is 13.8 Å². The Hall–Kier alpha value is -4.32. The molecule has 0 heterocycles. The SMILES string of the molecule is CCC(C)(C)C(=O)OC1CC2CC(C(=O)OCOC)C1C2.CCC(C)C(=O)OC1CC2CC(C(=O)OC3(C)CCCC3)C1C2.CCC(C)C(=O)OC1CC2CC(C(=O)OC3(CC)CCCC3)C1C2.CCC(C)C(=O)OC1CC2CC(C(=O)OCOC)C1C2. The quantitative estimate of drug-likeness (QED) is 0.0526. The second-order valence-electron chi connectivity index (χ2n) is 29.4. The Morgan fingerprint density at radius 2 is 0.750 bits per heavy atom. The molecule has 0 aromatic carbocycles. The number of methoxy groups -OCH3 is 2. The molecular weight excluding hydrogens is 1130 g/mol. The summed E-state index contributed by atoms with van der Waals surface area (Å²) in [5.41, 5.74) is -0.947. The average Bonchev–Trinajstić information content (AvgIpc) is 1.81. The van der Waals surface area contributed by atoms with E-state index in [1.54, 1.807) is 0 Å². The number of fused-ring (bicyclic) bond motifs is 8. The van der Waals surface area contributed by atoms with Gasteiger partial charge in [0.05, 0.1) is 46.8 Å². The number of esters is 8. The lowest BCUT2D eigenvalue weighted by atomic mass is 9.86. The highest BCUT2D eigenvalue weighted by Gasteiger charge is 2.56. The van der Waals surface area contributed by atoms with Crippen molar-refractivity contribution in [2.24, 2.45) is 94.2 Å². The van der Waals surface area contributed by atoms with Crippen molar-refractivity contribution in [3.63, 3.8) is 0 Å². The van der Waals surface area contributed by atoms with Gasteiger partial charge in [-0.3, -0.25) is 38.4 Å². The molecule has 18 heteroatoms. The van der Waals surface area contributed by atoms with E-state index in [1.807, 2.05) is 62.3 Å². The molecule has 10 fully saturated rings. The summed E-state index contributed by atoms with van der Waals surface area (Å²) < 4.78 is 54.3. The Morgan fingerprint density at radius 1 is 0.432 bits per heavy atom. The predicted octanol–water partition coefficient (Wildman–Crippen LogP) is 12.8. The topological polar surface area (TPSA) is 229 Å². The lowest BCUT2D eigenvalue weighted by molar-refractivity contribution is -0.173. The molecule has 10 aliphatic rings. The van der Waals surface area contributed by atoms with Gasteiger partial charge in [0.15, 0.2) is 13.6 Å². The predicted molar refractivity (Wildman–Crippen MR) is 326 cm³/mol. The second-order valence-corrected chi connectivity index (χ2v) is 29.4. The van der Waals surface area contributed by atoms with Crippen LogP contribution in [0.3, 0.4) is 0 Å². The number of hydrogen-bond donors (Lipinski definition) is 0. The minimum absolute atomic E-state index is 0.00988. The molecule has 88 heavy (non-hydrogen) atoms. The fourth-order valence-electron chi connectivity index (χ4n) is 16.3. The van der Waals surface area contributed by atoms with Crippen LogP contribution in [-0.2, 0) is 85.7 Å². The van der Waals surface area contributed by atoms with Crippen LogP contribution in [0.5, 0.6) is 0 Å². The maximum atomic E-state index is 12.8. The molecule has 8 bridgehead atoms. The number of ether oxygens (including phenoxy) is 10. The average molecular weight is 1240 g/mol. The highest BCUT2D eigenvalue weighted by atomic mass is 16.7. The van der Waals surface area contributed by atoms with E-state index in [1.165, 1.54) is 14.2 Å². The molecule has 19 atom stereocenters. The van der Waals surface area contributed by atoms with Crippen LogP contribution in [0, 0.1) is 94.2 Å². The summed E-state index contributed by atoms with van der Waals surface area (Å²) in [7, 11) is 2.98. The summed E-state index contributed by atoms with van der Waals surface area (Å²) in [6.45, 7) is 21.6. The molecule has 0 saturated heterocycles. The van der Waals surface area contributed by atoms with Crippen LogP contribution in [0.4, 0.5) is 0 Å². The third-order valence-corrected chi connectivity index (χ3v) is 22.9. The van der Waals surface area contributed by atoms with Crippen molar-refractivity contribution in [2.75, 3.05) is 27.8 Å². The zero-order chi connectivity index (χ0) is 64.3.